The fourth-order valence-electron chi connectivity index (χ4n) is 4.68. The van der Waals surface area contributed by atoms with E-state index < -0.39 is 5.54 Å². The zero-order chi connectivity index (χ0) is 22.7. The van der Waals surface area contributed by atoms with Crippen LogP contribution in [0.15, 0.2) is 59.2 Å². The van der Waals surface area contributed by atoms with Gasteiger partial charge in [0.25, 0.3) is 5.91 Å². The van der Waals surface area contributed by atoms with Crippen molar-refractivity contribution < 1.29 is 14.4 Å². The van der Waals surface area contributed by atoms with E-state index in [0.29, 0.717) is 12.4 Å². The molecule has 32 heavy (non-hydrogen) atoms. The number of nitrogens with zero attached hydrogens (tertiary/aromatic N) is 3. The van der Waals surface area contributed by atoms with E-state index in [1.807, 2.05) is 43.3 Å². The van der Waals surface area contributed by atoms with Crippen molar-refractivity contribution in [1.29, 1.82) is 0 Å². The van der Waals surface area contributed by atoms with E-state index in [9.17, 15) is 14.4 Å². The van der Waals surface area contributed by atoms with Crippen LogP contribution in [-0.2, 0) is 20.9 Å². The summed E-state index contributed by atoms with van der Waals surface area (Å²) in [6.07, 6.45) is 9.66. The lowest BCUT2D eigenvalue weighted by Crippen LogP contribution is -2.61. The summed E-state index contributed by atoms with van der Waals surface area (Å²) in [6.45, 7) is 3.92. The number of allylic oxidation sites excluding steroid dienone is 2. The van der Waals surface area contributed by atoms with Gasteiger partial charge in [-0.3, -0.25) is 14.4 Å². The van der Waals surface area contributed by atoms with Crippen LogP contribution in [0.1, 0.15) is 51.5 Å². The van der Waals surface area contributed by atoms with Crippen LogP contribution in [0.2, 0.25) is 0 Å². The summed E-state index contributed by atoms with van der Waals surface area (Å²) in [5.41, 5.74) is 0.741. The zero-order valence-electron chi connectivity index (χ0n) is 18.7. The quantitative estimate of drug-likeness (QED) is 0.746. The molecule has 7 heteroatoms. The highest BCUT2D eigenvalue weighted by Gasteiger charge is 2.47. The fourth-order valence-corrected chi connectivity index (χ4v) is 4.68. The Kier molecular flexibility index (Phi) is 6.26. The number of hydrogen-bond acceptors (Lipinski definition) is 4. The molecule has 1 atom stereocenters. The van der Waals surface area contributed by atoms with Gasteiger partial charge in [-0.1, -0.05) is 43.2 Å². The first-order chi connectivity index (χ1) is 15.3. The van der Waals surface area contributed by atoms with Crippen molar-refractivity contribution in [1.82, 2.24) is 15.1 Å². The smallest absolute Gasteiger partial charge is 0.250 e. The molecule has 0 spiro atoms. The minimum atomic E-state index is -1.15. The maximum absolute atomic E-state index is 13.9. The summed E-state index contributed by atoms with van der Waals surface area (Å²) in [4.78, 5) is 46.7. The fraction of sp³-hybridized carbons (Fsp3) is 0.440. The number of aliphatic imine (C=N–C) groups is 1. The van der Waals surface area contributed by atoms with Gasteiger partial charge in [0.1, 0.15) is 11.4 Å². The second-order valence-electron chi connectivity index (χ2n) is 9.08. The number of amidine groups is 1. The van der Waals surface area contributed by atoms with Gasteiger partial charge in [0, 0.05) is 18.8 Å². The molecule has 4 rings (SSSR count). The standard InChI is InChI=1S/C25H30N4O3/c1-18-12-13-29-21(14-18)27-22(30)15-25(29,2)24(32)28(16-19-8-4-3-5-9-19)17-23(31)26-20-10-6-7-11-20/h3-5,8-9,12-14,20H,6-7,10-11,15-17H2,1-2H3,(H,26,31)/t25-/m0/s1. The molecule has 168 valence electrons. The predicted octanol–water partition coefficient (Wildman–Crippen LogP) is 2.94. The first-order valence-electron chi connectivity index (χ1n) is 11.3. The van der Waals surface area contributed by atoms with E-state index in [4.69, 9.17) is 0 Å². The Balaban J connectivity index is 1.59. The van der Waals surface area contributed by atoms with Crippen LogP contribution in [-0.4, -0.2) is 51.5 Å². The van der Waals surface area contributed by atoms with E-state index in [1.54, 1.807) is 29.0 Å². The molecule has 1 N–H and O–H groups in total. The van der Waals surface area contributed by atoms with Crippen LogP contribution in [0.3, 0.4) is 0 Å². The molecular formula is C25H30N4O3. The summed E-state index contributed by atoms with van der Waals surface area (Å²) in [7, 11) is 0. The predicted molar refractivity (Wildman–Crippen MR) is 122 cm³/mol. The van der Waals surface area contributed by atoms with Gasteiger partial charge >= 0.3 is 0 Å². The molecule has 1 saturated carbocycles. The molecule has 0 aromatic heterocycles. The van der Waals surface area contributed by atoms with E-state index in [1.165, 1.54) is 0 Å². The minimum Gasteiger partial charge on any atom is -0.352 e. The zero-order valence-corrected chi connectivity index (χ0v) is 18.7. The third-order valence-electron chi connectivity index (χ3n) is 6.38. The average Bonchev–Trinajstić information content (AvgIpc) is 3.25. The molecular weight excluding hydrogens is 404 g/mol. The second-order valence-corrected chi connectivity index (χ2v) is 9.08. The molecule has 0 bridgehead atoms. The highest BCUT2D eigenvalue weighted by molar-refractivity contribution is 6.10. The van der Waals surface area contributed by atoms with Crippen molar-refractivity contribution in [3.8, 4) is 0 Å². The monoisotopic (exact) mass is 434 g/mol. The Morgan fingerprint density at radius 3 is 2.66 bits per heavy atom. The van der Waals surface area contributed by atoms with Crippen molar-refractivity contribution in [2.45, 2.75) is 64.1 Å². The van der Waals surface area contributed by atoms with Gasteiger partial charge < -0.3 is 15.1 Å². The molecule has 1 aromatic carbocycles. The summed E-state index contributed by atoms with van der Waals surface area (Å²) in [5, 5.41) is 3.08. The van der Waals surface area contributed by atoms with Crippen LogP contribution in [0.4, 0.5) is 0 Å². The molecule has 1 aromatic rings. The summed E-state index contributed by atoms with van der Waals surface area (Å²) < 4.78 is 0. The third kappa shape index (κ3) is 4.66. The SMILES string of the molecule is CC1=CC2=NC(=O)C[C@@](C)(C(=O)N(CC(=O)NC3CCCC3)Cc3ccccc3)N2C=C1. The van der Waals surface area contributed by atoms with Gasteiger partial charge in [0.2, 0.25) is 11.8 Å². The van der Waals surface area contributed by atoms with Gasteiger partial charge in [0.15, 0.2) is 0 Å². The van der Waals surface area contributed by atoms with Gasteiger partial charge in [0.05, 0.1) is 13.0 Å². The maximum atomic E-state index is 13.9. The second kappa shape index (κ2) is 9.10. The third-order valence-corrected chi connectivity index (χ3v) is 6.38. The molecule has 3 amide bonds. The number of fused-ring (bicyclic) bond motifs is 1. The summed E-state index contributed by atoms with van der Waals surface area (Å²) >= 11 is 0. The number of carbonyl (C=O) groups excluding carboxylic acids is 3. The van der Waals surface area contributed by atoms with Gasteiger partial charge in [-0.2, -0.15) is 4.99 Å². The van der Waals surface area contributed by atoms with Crippen molar-refractivity contribution in [2.24, 2.45) is 4.99 Å². The minimum absolute atomic E-state index is 0.0396. The van der Waals surface area contributed by atoms with E-state index in [2.05, 4.69) is 10.3 Å². The average molecular weight is 435 g/mol. The molecule has 1 fully saturated rings. The maximum Gasteiger partial charge on any atom is 0.250 e. The Labute approximate surface area is 188 Å². The van der Waals surface area contributed by atoms with Crippen LogP contribution < -0.4 is 5.32 Å². The van der Waals surface area contributed by atoms with Crippen molar-refractivity contribution in [2.75, 3.05) is 6.54 Å². The summed E-state index contributed by atoms with van der Waals surface area (Å²) in [5.74, 6) is -0.291. The number of rotatable bonds is 6. The lowest BCUT2D eigenvalue weighted by molar-refractivity contribution is -0.146. The van der Waals surface area contributed by atoms with Crippen molar-refractivity contribution >= 4 is 23.6 Å². The Morgan fingerprint density at radius 2 is 1.94 bits per heavy atom. The van der Waals surface area contributed by atoms with E-state index >= 15 is 0 Å². The molecule has 7 nitrogen and oxygen atoms in total. The van der Waals surface area contributed by atoms with Crippen LogP contribution >= 0.6 is 0 Å². The lowest BCUT2D eigenvalue weighted by Gasteiger charge is -2.44. The number of carbonyl (C=O) groups is 3. The summed E-state index contributed by atoms with van der Waals surface area (Å²) in [6, 6.07) is 9.79. The molecule has 0 unspecified atom stereocenters. The number of amides is 3. The Morgan fingerprint density at radius 1 is 1.22 bits per heavy atom. The van der Waals surface area contributed by atoms with E-state index in [0.717, 1.165) is 36.8 Å². The van der Waals surface area contributed by atoms with Gasteiger partial charge in [-0.05, 0) is 50.0 Å². The highest BCUT2D eigenvalue weighted by Crippen LogP contribution is 2.31. The van der Waals surface area contributed by atoms with Gasteiger partial charge in [-0.15, -0.1) is 0 Å². The van der Waals surface area contributed by atoms with Crippen LogP contribution in [0, 0.1) is 0 Å². The van der Waals surface area contributed by atoms with Gasteiger partial charge in [-0.25, -0.2) is 0 Å². The first-order valence-corrected chi connectivity index (χ1v) is 11.3. The number of hydrogen-bond donors (Lipinski definition) is 1. The molecule has 3 aliphatic rings. The molecule has 0 saturated heterocycles. The van der Waals surface area contributed by atoms with Crippen LogP contribution in [0.5, 0.6) is 0 Å². The Hall–Kier alpha value is -3.22. The molecule has 1 aliphatic carbocycles. The molecule has 2 aliphatic heterocycles. The van der Waals surface area contributed by atoms with Crippen molar-refractivity contribution in [3.63, 3.8) is 0 Å². The lowest BCUT2D eigenvalue weighted by atomic mass is 9.89. The molecule has 0 radical (unpaired) electrons. The number of benzene rings is 1. The molecule has 2 heterocycles. The van der Waals surface area contributed by atoms with Crippen LogP contribution in [0.25, 0.3) is 0 Å². The topological polar surface area (TPSA) is 82.1 Å². The Bertz CT molecular complexity index is 992. The number of nitrogens with one attached hydrogen (secondary N) is 1. The first kappa shape index (κ1) is 22.0. The normalized spacial score (nSPS) is 22.8. The van der Waals surface area contributed by atoms with E-state index in [-0.39, 0.29) is 36.7 Å². The highest BCUT2D eigenvalue weighted by atomic mass is 16.2. The van der Waals surface area contributed by atoms with Crippen molar-refractivity contribution in [3.05, 3.63) is 59.8 Å². The largest absolute Gasteiger partial charge is 0.352 e.